The van der Waals surface area contributed by atoms with Crippen LogP contribution >= 0.6 is 0 Å². The maximum absolute atomic E-state index is 11.0. The van der Waals surface area contributed by atoms with Crippen LogP contribution in [0.3, 0.4) is 0 Å². The third kappa shape index (κ3) is 4.44. The Morgan fingerprint density at radius 2 is 1.83 bits per heavy atom. The van der Waals surface area contributed by atoms with E-state index in [2.05, 4.69) is 5.32 Å². The number of hydrogen-bond donors (Lipinski definition) is 3. The third-order valence-corrected chi connectivity index (χ3v) is 3.28. The van der Waals surface area contributed by atoms with E-state index in [9.17, 15) is 4.79 Å². The van der Waals surface area contributed by atoms with Gasteiger partial charge in [-0.3, -0.25) is 0 Å². The Balaban J connectivity index is 2.05. The molecule has 2 rings (SSSR count). The fourth-order valence-corrected chi connectivity index (χ4v) is 2.01. The van der Waals surface area contributed by atoms with Crippen molar-refractivity contribution >= 4 is 23.1 Å². The van der Waals surface area contributed by atoms with E-state index in [1.807, 2.05) is 43.3 Å². The second-order valence-electron chi connectivity index (χ2n) is 5.22. The normalized spacial score (nSPS) is 10.5. The zero-order valence-electron chi connectivity index (χ0n) is 13.1. The molecule has 0 atom stereocenters. The second kappa shape index (κ2) is 7.26. The number of aromatic carboxylic acids is 1. The molecule has 0 aliphatic heterocycles. The minimum atomic E-state index is -0.998. The highest BCUT2D eigenvalue weighted by Gasteiger charge is 2.04. The fraction of sp³-hybridized carbons (Fsp3) is 0.111. The van der Waals surface area contributed by atoms with Crippen molar-refractivity contribution in [3.05, 3.63) is 71.9 Å². The Morgan fingerprint density at radius 1 is 1.13 bits per heavy atom. The molecule has 118 valence electrons. The van der Waals surface area contributed by atoms with Gasteiger partial charge in [0.05, 0.1) is 11.3 Å². The number of benzene rings is 2. The van der Waals surface area contributed by atoms with Crippen molar-refractivity contribution in [1.82, 2.24) is 0 Å². The molecule has 0 aliphatic rings. The van der Waals surface area contributed by atoms with Crippen LogP contribution in [0.1, 0.15) is 15.9 Å². The van der Waals surface area contributed by atoms with Gasteiger partial charge in [-0.05, 0) is 36.4 Å². The molecule has 0 aliphatic carbocycles. The monoisotopic (exact) mass is 309 g/mol. The summed E-state index contributed by atoms with van der Waals surface area (Å²) in [4.78, 5) is 13.0. The van der Waals surface area contributed by atoms with E-state index in [-0.39, 0.29) is 11.3 Å². The Hall–Kier alpha value is -3.08. The predicted molar refractivity (Wildman–Crippen MR) is 93.8 cm³/mol. The van der Waals surface area contributed by atoms with Gasteiger partial charge in [0.2, 0.25) is 0 Å². The number of nitrogens with zero attached hydrogens (tertiary/aromatic N) is 1. The molecule has 3 N–H and O–H groups in total. The summed E-state index contributed by atoms with van der Waals surface area (Å²) in [7, 11) is 3.94. The van der Waals surface area contributed by atoms with Crippen LogP contribution in [-0.4, -0.2) is 30.9 Å². The molecule has 0 spiro atoms. The molecular weight excluding hydrogens is 290 g/mol. The maximum atomic E-state index is 11.0. The van der Waals surface area contributed by atoms with E-state index in [4.69, 9.17) is 10.5 Å². The number of hydrogen-bond acceptors (Lipinski definition) is 4. The molecule has 2 aromatic rings. The number of carboxylic acids is 1. The van der Waals surface area contributed by atoms with E-state index < -0.39 is 5.97 Å². The average molecular weight is 309 g/mol. The Kier molecular flexibility index (Phi) is 5.15. The van der Waals surface area contributed by atoms with Crippen molar-refractivity contribution in [2.45, 2.75) is 0 Å². The predicted octanol–water partition coefficient (Wildman–Crippen LogP) is 3.44. The maximum Gasteiger partial charge on any atom is 0.335 e. The summed E-state index contributed by atoms with van der Waals surface area (Å²) >= 11 is 0. The van der Waals surface area contributed by atoms with Crippen LogP contribution in [0.15, 0.2) is 60.8 Å². The molecule has 0 unspecified atom stereocenters. The van der Waals surface area contributed by atoms with Crippen molar-refractivity contribution in [2.75, 3.05) is 24.3 Å². The summed E-state index contributed by atoms with van der Waals surface area (Å²) in [6.45, 7) is 0. The molecule has 5 heteroatoms. The lowest BCUT2D eigenvalue weighted by Gasteiger charge is -2.13. The summed E-state index contributed by atoms with van der Waals surface area (Å²) in [6.07, 6.45) is 3.27. The summed E-state index contributed by atoms with van der Waals surface area (Å²) in [5.74, 6) is -0.998. The fourth-order valence-electron chi connectivity index (χ4n) is 2.01. The van der Waals surface area contributed by atoms with E-state index in [0.717, 1.165) is 11.4 Å². The van der Waals surface area contributed by atoms with E-state index in [1.54, 1.807) is 24.4 Å². The molecule has 0 fully saturated rings. The van der Waals surface area contributed by atoms with Crippen LogP contribution in [-0.2, 0) is 0 Å². The van der Waals surface area contributed by atoms with Crippen molar-refractivity contribution in [3.8, 4) is 0 Å². The first-order valence-corrected chi connectivity index (χ1v) is 7.10. The van der Waals surface area contributed by atoms with Crippen LogP contribution in [0.2, 0.25) is 0 Å². The lowest BCUT2D eigenvalue weighted by Crippen LogP contribution is -2.08. The topological polar surface area (TPSA) is 76.4 Å². The molecule has 0 amide bonds. The smallest absolute Gasteiger partial charge is 0.335 e. The number of nitrogens with one attached hydrogen (secondary N) is 2. The van der Waals surface area contributed by atoms with E-state index in [1.165, 1.54) is 12.1 Å². The molecule has 0 bridgehead atoms. The third-order valence-electron chi connectivity index (χ3n) is 3.28. The molecule has 0 saturated carbocycles. The van der Waals surface area contributed by atoms with Crippen molar-refractivity contribution in [3.63, 3.8) is 0 Å². The van der Waals surface area contributed by atoms with Crippen molar-refractivity contribution in [1.29, 1.82) is 5.41 Å². The molecule has 5 nitrogen and oxygen atoms in total. The molecule has 0 heterocycles. The second-order valence-corrected chi connectivity index (χ2v) is 5.22. The SMILES string of the molecule is CN(C)c1cccc(N/C=C\C(=N)c2cccc(C(=O)O)c2)c1. The lowest BCUT2D eigenvalue weighted by atomic mass is 10.1. The summed E-state index contributed by atoms with van der Waals surface area (Å²) in [6, 6.07) is 14.2. The molecular formula is C18H19N3O2. The van der Waals surface area contributed by atoms with Crippen LogP contribution < -0.4 is 10.2 Å². The highest BCUT2D eigenvalue weighted by atomic mass is 16.4. The van der Waals surface area contributed by atoms with Crippen LogP contribution in [0, 0.1) is 5.41 Å². The lowest BCUT2D eigenvalue weighted by molar-refractivity contribution is 0.0697. The van der Waals surface area contributed by atoms with Gasteiger partial charge in [0.1, 0.15) is 0 Å². The number of rotatable bonds is 6. The Labute approximate surface area is 135 Å². The van der Waals surface area contributed by atoms with Crippen LogP contribution in [0.25, 0.3) is 0 Å². The Bertz CT molecular complexity index is 751. The zero-order valence-corrected chi connectivity index (χ0v) is 13.1. The molecule has 2 aromatic carbocycles. The minimum absolute atomic E-state index is 0.173. The standard InChI is InChI=1S/C18H19N3O2/c1-21(2)16-8-4-7-15(12-16)20-10-9-17(19)13-5-3-6-14(11-13)18(22)23/h3-12,19-20H,1-2H3,(H,22,23)/b10-9-,19-17?. The van der Waals surface area contributed by atoms with Gasteiger partial charge >= 0.3 is 5.97 Å². The summed E-state index contributed by atoms with van der Waals surface area (Å²) in [5, 5.41) is 20.1. The molecule has 23 heavy (non-hydrogen) atoms. The van der Waals surface area contributed by atoms with Crippen LogP contribution in [0.5, 0.6) is 0 Å². The van der Waals surface area contributed by atoms with Crippen molar-refractivity contribution < 1.29 is 9.90 Å². The van der Waals surface area contributed by atoms with Gasteiger partial charge in [0.25, 0.3) is 0 Å². The molecule has 0 saturated heterocycles. The summed E-state index contributed by atoms with van der Waals surface area (Å²) < 4.78 is 0. The van der Waals surface area contributed by atoms with E-state index >= 15 is 0 Å². The number of carboxylic acid groups (broad SMARTS) is 1. The Morgan fingerprint density at radius 3 is 2.52 bits per heavy atom. The molecule has 0 aromatic heterocycles. The van der Waals surface area contributed by atoms with Gasteiger partial charge in [-0.1, -0.05) is 18.2 Å². The zero-order chi connectivity index (χ0) is 16.8. The molecule has 0 radical (unpaired) electrons. The average Bonchev–Trinajstić information content (AvgIpc) is 2.55. The first-order valence-electron chi connectivity index (χ1n) is 7.10. The van der Waals surface area contributed by atoms with Gasteiger partial charge in [-0.25, -0.2) is 4.79 Å². The van der Waals surface area contributed by atoms with Crippen molar-refractivity contribution in [2.24, 2.45) is 0 Å². The van der Waals surface area contributed by atoms with Gasteiger partial charge < -0.3 is 20.7 Å². The highest BCUT2D eigenvalue weighted by Crippen LogP contribution is 2.17. The van der Waals surface area contributed by atoms with Gasteiger partial charge in [0, 0.05) is 37.2 Å². The van der Waals surface area contributed by atoms with Gasteiger partial charge in [-0.2, -0.15) is 0 Å². The quantitative estimate of drug-likeness (QED) is 0.714. The van der Waals surface area contributed by atoms with Gasteiger partial charge in [-0.15, -0.1) is 0 Å². The summed E-state index contributed by atoms with van der Waals surface area (Å²) in [5.41, 5.74) is 2.97. The van der Waals surface area contributed by atoms with E-state index in [0.29, 0.717) is 5.56 Å². The minimum Gasteiger partial charge on any atom is -0.478 e. The number of carbonyl (C=O) groups is 1. The van der Waals surface area contributed by atoms with Crippen LogP contribution in [0.4, 0.5) is 11.4 Å². The first-order chi connectivity index (χ1) is 11.0. The largest absolute Gasteiger partial charge is 0.478 e. The van der Waals surface area contributed by atoms with Gasteiger partial charge in [0.15, 0.2) is 0 Å². The number of allylic oxidation sites excluding steroid dienone is 1. The number of anilines is 2. The first kappa shape index (κ1) is 16.3. The highest BCUT2D eigenvalue weighted by molar-refractivity contribution is 6.07.